The van der Waals surface area contributed by atoms with E-state index in [-0.39, 0.29) is 5.76 Å². The van der Waals surface area contributed by atoms with Gasteiger partial charge in [0, 0.05) is 0 Å². The van der Waals surface area contributed by atoms with Crippen molar-refractivity contribution >= 4 is 10.2 Å². The van der Waals surface area contributed by atoms with Crippen molar-refractivity contribution < 1.29 is 16.7 Å². The predicted molar refractivity (Wildman–Crippen MR) is 30.2 cm³/mol. The van der Waals surface area contributed by atoms with E-state index in [1.54, 1.807) is 0 Å². The fourth-order valence-electron chi connectivity index (χ4n) is 0.483. The summed E-state index contributed by atoms with van der Waals surface area (Å²) in [6, 6.07) is 0. The molecule has 1 aromatic rings. The zero-order chi connectivity index (χ0) is 7.61. The van der Waals surface area contributed by atoms with Crippen LogP contribution in [0.1, 0.15) is 5.76 Å². The molecule has 10 heavy (non-hydrogen) atoms. The SMILES string of the molecule is O=S(=O)(F)Cc1cnco1. The summed E-state index contributed by atoms with van der Waals surface area (Å²) in [5.74, 6) is -0.741. The van der Waals surface area contributed by atoms with Crippen LogP contribution in [0.2, 0.25) is 0 Å². The molecule has 0 aliphatic carbocycles. The zero-order valence-electron chi connectivity index (χ0n) is 4.82. The van der Waals surface area contributed by atoms with Crippen LogP contribution in [0.15, 0.2) is 17.0 Å². The number of aromatic nitrogens is 1. The average Bonchev–Trinajstić information content (AvgIpc) is 2.12. The van der Waals surface area contributed by atoms with Gasteiger partial charge < -0.3 is 4.42 Å². The van der Waals surface area contributed by atoms with E-state index < -0.39 is 16.0 Å². The van der Waals surface area contributed by atoms with E-state index in [1.807, 2.05) is 0 Å². The van der Waals surface area contributed by atoms with Gasteiger partial charge >= 0.3 is 10.2 Å². The number of halogens is 1. The summed E-state index contributed by atoms with van der Waals surface area (Å²) in [6.07, 6.45) is 2.19. The highest BCUT2D eigenvalue weighted by Crippen LogP contribution is 2.04. The lowest BCUT2D eigenvalue weighted by Gasteiger charge is -1.85. The van der Waals surface area contributed by atoms with Gasteiger partial charge in [0.05, 0.1) is 6.20 Å². The number of rotatable bonds is 2. The molecule has 0 saturated heterocycles. The summed E-state index contributed by atoms with van der Waals surface area (Å²) in [4.78, 5) is 3.41. The molecule has 0 aliphatic heterocycles. The highest BCUT2D eigenvalue weighted by molar-refractivity contribution is 7.85. The predicted octanol–water partition coefficient (Wildman–Crippen LogP) is 0.474. The van der Waals surface area contributed by atoms with Crippen LogP contribution >= 0.6 is 0 Å². The first kappa shape index (κ1) is 7.20. The minimum Gasteiger partial charge on any atom is -0.447 e. The van der Waals surface area contributed by atoms with Crippen molar-refractivity contribution in [2.75, 3.05) is 0 Å². The summed E-state index contributed by atoms with van der Waals surface area (Å²) < 4.78 is 36.2. The third kappa shape index (κ3) is 2.14. The van der Waals surface area contributed by atoms with E-state index in [0.29, 0.717) is 0 Å². The number of oxazole rings is 1. The molecular weight excluding hydrogens is 161 g/mol. The first-order valence-electron chi connectivity index (χ1n) is 2.37. The van der Waals surface area contributed by atoms with Gasteiger partial charge in [-0.05, 0) is 0 Å². The van der Waals surface area contributed by atoms with Crippen molar-refractivity contribution in [3.8, 4) is 0 Å². The Morgan fingerprint density at radius 3 is 2.80 bits per heavy atom. The molecule has 0 saturated carbocycles. The molecule has 1 aromatic heterocycles. The summed E-state index contributed by atoms with van der Waals surface area (Å²) in [5.41, 5.74) is 0. The molecule has 6 heteroatoms. The van der Waals surface area contributed by atoms with Crippen LogP contribution in [0.4, 0.5) is 3.89 Å². The Morgan fingerprint density at radius 2 is 2.40 bits per heavy atom. The molecule has 56 valence electrons. The second-order valence-corrected chi connectivity index (χ2v) is 3.02. The molecule has 0 radical (unpaired) electrons. The van der Waals surface area contributed by atoms with Gasteiger partial charge in [-0.1, -0.05) is 0 Å². The Kier molecular flexibility index (Phi) is 1.71. The lowest BCUT2D eigenvalue weighted by molar-refractivity contribution is 0.504. The quantitative estimate of drug-likeness (QED) is 0.598. The molecular formula is C4H4FNO3S. The van der Waals surface area contributed by atoms with E-state index >= 15 is 0 Å². The molecule has 0 spiro atoms. The van der Waals surface area contributed by atoms with Gasteiger partial charge in [0.25, 0.3) is 0 Å². The van der Waals surface area contributed by atoms with Crippen molar-refractivity contribution in [3.05, 3.63) is 18.4 Å². The zero-order valence-corrected chi connectivity index (χ0v) is 5.64. The monoisotopic (exact) mass is 165 g/mol. The van der Waals surface area contributed by atoms with Gasteiger partial charge in [-0.15, -0.1) is 3.89 Å². The Hall–Kier alpha value is -0.910. The lowest BCUT2D eigenvalue weighted by Crippen LogP contribution is -1.93. The van der Waals surface area contributed by atoms with E-state index in [4.69, 9.17) is 0 Å². The van der Waals surface area contributed by atoms with Crippen molar-refractivity contribution in [3.63, 3.8) is 0 Å². The summed E-state index contributed by atoms with van der Waals surface area (Å²) in [7, 11) is -4.48. The fourth-order valence-corrected chi connectivity index (χ4v) is 0.966. The first-order valence-corrected chi connectivity index (χ1v) is 3.93. The molecule has 1 heterocycles. The van der Waals surface area contributed by atoms with E-state index in [9.17, 15) is 12.3 Å². The molecule has 0 aliphatic rings. The largest absolute Gasteiger partial charge is 0.447 e. The minimum atomic E-state index is -4.48. The summed E-state index contributed by atoms with van der Waals surface area (Å²) >= 11 is 0. The molecule has 0 unspecified atom stereocenters. The van der Waals surface area contributed by atoms with E-state index in [2.05, 4.69) is 9.40 Å². The maximum absolute atomic E-state index is 11.8. The van der Waals surface area contributed by atoms with Gasteiger partial charge in [0.1, 0.15) is 11.5 Å². The number of hydrogen-bond donors (Lipinski definition) is 0. The van der Waals surface area contributed by atoms with Gasteiger partial charge in [0.15, 0.2) is 6.39 Å². The Balaban J connectivity index is 2.75. The van der Waals surface area contributed by atoms with E-state index in [0.717, 1.165) is 12.6 Å². The van der Waals surface area contributed by atoms with E-state index in [1.165, 1.54) is 0 Å². The number of hydrogen-bond acceptors (Lipinski definition) is 4. The average molecular weight is 165 g/mol. The van der Waals surface area contributed by atoms with Crippen LogP contribution in [0.3, 0.4) is 0 Å². The van der Waals surface area contributed by atoms with Crippen molar-refractivity contribution in [1.29, 1.82) is 0 Å². The highest BCUT2D eigenvalue weighted by atomic mass is 32.3. The first-order chi connectivity index (χ1) is 4.58. The second kappa shape index (κ2) is 2.37. The van der Waals surface area contributed by atoms with Gasteiger partial charge in [-0.3, -0.25) is 0 Å². The number of nitrogens with zero attached hydrogens (tertiary/aromatic N) is 1. The van der Waals surface area contributed by atoms with Gasteiger partial charge in [-0.2, -0.15) is 8.42 Å². The molecule has 0 aromatic carbocycles. The Morgan fingerprint density at radius 1 is 1.70 bits per heavy atom. The summed E-state index contributed by atoms with van der Waals surface area (Å²) in [6.45, 7) is 0. The van der Waals surface area contributed by atoms with Gasteiger partial charge in [0.2, 0.25) is 0 Å². The normalized spacial score (nSPS) is 11.7. The molecule has 4 nitrogen and oxygen atoms in total. The third-order valence-electron chi connectivity index (χ3n) is 0.798. The lowest BCUT2D eigenvalue weighted by atomic mass is 10.6. The Bertz CT molecular complexity index is 290. The molecule has 1 rings (SSSR count). The Labute approximate surface area is 56.9 Å². The molecule has 0 amide bonds. The molecule has 0 fully saturated rings. The maximum Gasteiger partial charge on any atom is 0.309 e. The molecule has 0 atom stereocenters. The van der Waals surface area contributed by atoms with Crippen LogP contribution < -0.4 is 0 Å². The smallest absolute Gasteiger partial charge is 0.309 e. The molecule has 0 bridgehead atoms. The minimum absolute atomic E-state index is 0.00231. The van der Waals surface area contributed by atoms with Gasteiger partial charge in [-0.25, -0.2) is 4.98 Å². The van der Waals surface area contributed by atoms with Crippen molar-refractivity contribution in [1.82, 2.24) is 4.98 Å². The highest BCUT2D eigenvalue weighted by Gasteiger charge is 2.10. The van der Waals surface area contributed by atoms with Crippen LogP contribution in [0, 0.1) is 0 Å². The standard InChI is InChI=1S/C4H4FNO3S/c5-10(7,8)2-4-1-6-3-9-4/h1,3H,2H2. The van der Waals surface area contributed by atoms with Crippen molar-refractivity contribution in [2.24, 2.45) is 0 Å². The van der Waals surface area contributed by atoms with Crippen molar-refractivity contribution in [2.45, 2.75) is 5.75 Å². The third-order valence-corrected chi connectivity index (χ3v) is 1.43. The second-order valence-electron chi connectivity index (χ2n) is 1.65. The maximum atomic E-state index is 11.8. The topological polar surface area (TPSA) is 60.2 Å². The summed E-state index contributed by atoms with van der Waals surface area (Å²) in [5, 5.41) is 0. The van der Waals surface area contributed by atoms with Crippen LogP contribution in [-0.2, 0) is 16.0 Å². The fraction of sp³-hybridized carbons (Fsp3) is 0.250. The molecule has 0 N–H and O–H groups in total. The van der Waals surface area contributed by atoms with Crippen LogP contribution in [0.5, 0.6) is 0 Å². The van der Waals surface area contributed by atoms with Crippen LogP contribution in [0.25, 0.3) is 0 Å². The van der Waals surface area contributed by atoms with Crippen LogP contribution in [-0.4, -0.2) is 13.4 Å².